The molecule has 0 fully saturated rings. The van der Waals surface area contributed by atoms with Gasteiger partial charge in [0.1, 0.15) is 0 Å². The lowest BCUT2D eigenvalue weighted by molar-refractivity contribution is -0.148. The number of halogens is 4. The Morgan fingerprint density at radius 3 is 2.29 bits per heavy atom. The SMILES string of the molecule is O=C(O)C(=O)Cc1ccc(C(F)(F)F)cc1Br. The van der Waals surface area contributed by atoms with Crippen LogP contribution in [-0.2, 0) is 22.2 Å². The summed E-state index contributed by atoms with van der Waals surface area (Å²) < 4.78 is 37.0. The van der Waals surface area contributed by atoms with E-state index in [-0.39, 0.29) is 10.0 Å². The van der Waals surface area contributed by atoms with Crippen LogP contribution in [0, 0.1) is 0 Å². The second-order valence-corrected chi connectivity index (χ2v) is 4.06. The van der Waals surface area contributed by atoms with E-state index < -0.39 is 29.9 Å². The first-order chi connectivity index (χ1) is 7.71. The molecule has 7 heteroatoms. The first kappa shape index (κ1) is 13.7. The first-order valence-electron chi connectivity index (χ1n) is 4.33. The lowest BCUT2D eigenvalue weighted by atomic mass is 10.1. The van der Waals surface area contributed by atoms with Crippen LogP contribution in [0.15, 0.2) is 22.7 Å². The van der Waals surface area contributed by atoms with Crippen LogP contribution < -0.4 is 0 Å². The van der Waals surface area contributed by atoms with Crippen LogP contribution in [0.3, 0.4) is 0 Å². The van der Waals surface area contributed by atoms with Crippen molar-refractivity contribution in [3.05, 3.63) is 33.8 Å². The van der Waals surface area contributed by atoms with Crippen molar-refractivity contribution in [3.8, 4) is 0 Å². The van der Waals surface area contributed by atoms with E-state index in [0.717, 1.165) is 18.2 Å². The van der Waals surface area contributed by atoms with E-state index >= 15 is 0 Å². The fraction of sp³-hybridized carbons (Fsp3) is 0.200. The Kier molecular flexibility index (Phi) is 3.92. The highest BCUT2D eigenvalue weighted by Crippen LogP contribution is 2.32. The molecule has 0 unspecified atom stereocenters. The second-order valence-electron chi connectivity index (χ2n) is 3.21. The van der Waals surface area contributed by atoms with E-state index in [9.17, 15) is 22.8 Å². The minimum absolute atomic E-state index is 0.0573. The number of ketones is 1. The average molecular weight is 311 g/mol. The zero-order chi connectivity index (χ0) is 13.2. The summed E-state index contributed by atoms with van der Waals surface area (Å²) in [5.41, 5.74) is -0.665. The number of alkyl halides is 3. The number of Topliss-reactive ketones (excluding diaryl/α,β-unsaturated/α-hetero) is 1. The molecule has 0 heterocycles. The number of rotatable bonds is 3. The molecule has 0 saturated heterocycles. The molecule has 1 N–H and O–H groups in total. The van der Waals surface area contributed by atoms with Crippen molar-refractivity contribution >= 4 is 27.7 Å². The molecule has 0 aliphatic heterocycles. The van der Waals surface area contributed by atoms with Gasteiger partial charge in [0, 0.05) is 10.9 Å². The Hall–Kier alpha value is -1.37. The van der Waals surface area contributed by atoms with Crippen molar-refractivity contribution in [2.24, 2.45) is 0 Å². The van der Waals surface area contributed by atoms with Crippen LogP contribution in [0.25, 0.3) is 0 Å². The van der Waals surface area contributed by atoms with E-state index in [4.69, 9.17) is 5.11 Å². The lowest BCUT2D eigenvalue weighted by Gasteiger charge is -2.09. The Balaban J connectivity index is 2.99. The van der Waals surface area contributed by atoms with Crippen LogP contribution >= 0.6 is 15.9 Å². The first-order valence-corrected chi connectivity index (χ1v) is 5.13. The standard InChI is InChI=1S/C10H6BrF3O3/c11-7-4-6(10(12,13)14)2-1-5(7)3-8(15)9(16)17/h1-2,4H,3H2,(H,16,17). The van der Waals surface area contributed by atoms with Crippen LogP contribution in [0.1, 0.15) is 11.1 Å². The molecule has 1 aromatic carbocycles. The minimum Gasteiger partial charge on any atom is -0.475 e. The fourth-order valence-corrected chi connectivity index (χ4v) is 1.63. The third kappa shape index (κ3) is 3.55. The maximum absolute atomic E-state index is 12.3. The highest BCUT2D eigenvalue weighted by molar-refractivity contribution is 9.10. The molecule has 92 valence electrons. The Labute approximate surface area is 102 Å². The summed E-state index contributed by atoms with van der Waals surface area (Å²) in [7, 11) is 0. The minimum atomic E-state index is -4.47. The third-order valence-corrected chi connectivity index (χ3v) is 2.71. The lowest BCUT2D eigenvalue weighted by Crippen LogP contribution is -2.15. The van der Waals surface area contributed by atoms with Gasteiger partial charge >= 0.3 is 12.1 Å². The molecule has 0 radical (unpaired) electrons. The summed E-state index contributed by atoms with van der Waals surface area (Å²) in [6.07, 6.45) is -4.92. The predicted molar refractivity (Wildman–Crippen MR) is 55.5 cm³/mol. The number of hydrogen-bond acceptors (Lipinski definition) is 2. The van der Waals surface area contributed by atoms with Gasteiger partial charge in [-0.2, -0.15) is 13.2 Å². The summed E-state index contributed by atoms with van der Waals surface area (Å²) in [5, 5.41) is 8.37. The van der Waals surface area contributed by atoms with E-state index in [1.54, 1.807) is 0 Å². The zero-order valence-electron chi connectivity index (χ0n) is 8.21. The maximum atomic E-state index is 12.3. The summed E-state index contributed by atoms with van der Waals surface area (Å²) >= 11 is 2.87. The molecule has 0 atom stereocenters. The molecule has 0 aliphatic carbocycles. The third-order valence-electron chi connectivity index (χ3n) is 1.97. The molecule has 3 nitrogen and oxygen atoms in total. The van der Waals surface area contributed by atoms with E-state index in [0.29, 0.717) is 0 Å². The molecule has 0 spiro atoms. The summed E-state index contributed by atoms with van der Waals surface area (Å²) in [6.45, 7) is 0. The van der Waals surface area contributed by atoms with E-state index in [1.165, 1.54) is 0 Å². The summed E-state index contributed by atoms with van der Waals surface area (Å²) in [6, 6.07) is 2.69. The number of carbonyl (C=O) groups is 2. The molecule has 0 amide bonds. The number of carbonyl (C=O) groups excluding carboxylic acids is 1. The second kappa shape index (κ2) is 4.87. The van der Waals surface area contributed by atoms with Crippen molar-refractivity contribution in [2.75, 3.05) is 0 Å². The van der Waals surface area contributed by atoms with Gasteiger partial charge in [0.25, 0.3) is 0 Å². The van der Waals surface area contributed by atoms with Crippen LogP contribution in [0.4, 0.5) is 13.2 Å². The van der Waals surface area contributed by atoms with Crippen LogP contribution in [0.2, 0.25) is 0 Å². The monoisotopic (exact) mass is 310 g/mol. The normalized spacial score (nSPS) is 11.3. The van der Waals surface area contributed by atoms with Gasteiger partial charge in [-0.3, -0.25) is 4.79 Å². The molecule has 1 aromatic rings. The van der Waals surface area contributed by atoms with Crippen molar-refractivity contribution < 1.29 is 27.9 Å². The number of carboxylic acid groups (broad SMARTS) is 1. The van der Waals surface area contributed by atoms with Gasteiger partial charge in [-0.05, 0) is 17.7 Å². The van der Waals surface area contributed by atoms with Gasteiger partial charge in [0.2, 0.25) is 5.78 Å². The Morgan fingerprint density at radius 1 is 1.29 bits per heavy atom. The van der Waals surface area contributed by atoms with Gasteiger partial charge < -0.3 is 5.11 Å². The smallest absolute Gasteiger partial charge is 0.416 e. The topological polar surface area (TPSA) is 54.4 Å². The van der Waals surface area contributed by atoms with E-state index in [1.807, 2.05) is 0 Å². The molecular weight excluding hydrogens is 305 g/mol. The zero-order valence-corrected chi connectivity index (χ0v) is 9.80. The van der Waals surface area contributed by atoms with Crippen molar-refractivity contribution in [3.63, 3.8) is 0 Å². The molecular formula is C10H6BrF3O3. The van der Waals surface area contributed by atoms with Gasteiger partial charge in [-0.1, -0.05) is 22.0 Å². The van der Waals surface area contributed by atoms with E-state index in [2.05, 4.69) is 15.9 Å². The van der Waals surface area contributed by atoms with Crippen molar-refractivity contribution in [2.45, 2.75) is 12.6 Å². The summed E-state index contributed by atoms with van der Waals surface area (Å²) in [5.74, 6) is -2.69. The molecule has 0 aromatic heterocycles. The number of carboxylic acids is 1. The van der Waals surface area contributed by atoms with Crippen LogP contribution in [-0.4, -0.2) is 16.9 Å². The molecule has 0 aliphatic rings. The highest BCUT2D eigenvalue weighted by atomic mass is 79.9. The van der Waals surface area contributed by atoms with Crippen molar-refractivity contribution in [1.29, 1.82) is 0 Å². The fourth-order valence-electron chi connectivity index (χ4n) is 1.12. The largest absolute Gasteiger partial charge is 0.475 e. The molecule has 0 bridgehead atoms. The molecule has 0 saturated carbocycles. The predicted octanol–water partition coefficient (Wildman–Crippen LogP) is 2.66. The maximum Gasteiger partial charge on any atom is 0.416 e. The molecule has 1 rings (SSSR count). The highest BCUT2D eigenvalue weighted by Gasteiger charge is 2.31. The quantitative estimate of drug-likeness (QED) is 0.873. The van der Waals surface area contributed by atoms with Gasteiger partial charge in [0.15, 0.2) is 0 Å². The van der Waals surface area contributed by atoms with Gasteiger partial charge in [-0.15, -0.1) is 0 Å². The number of aliphatic carboxylic acids is 1. The number of hydrogen-bond donors (Lipinski definition) is 1. The van der Waals surface area contributed by atoms with Gasteiger partial charge in [0.05, 0.1) is 5.56 Å². The number of benzene rings is 1. The molecule has 17 heavy (non-hydrogen) atoms. The Bertz CT molecular complexity index is 468. The summed E-state index contributed by atoms with van der Waals surface area (Å²) in [4.78, 5) is 21.2. The van der Waals surface area contributed by atoms with Crippen LogP contribution in [0.5, 0.6) is 0 Å². The Morgan fingerprint density at radius 2 is 1.88 bits per heavy atom. The van der Waals surface area contributed by atoms with Crippen molar-refractivity contribution in [1.82, 2.24) is 0 Å². The average Bonchev–Trinajstić information content (AvgIpc) is 2.19. The van der Waals surface area contributed by atoms with Gasteiger partial charge in [-0.25, -0.2) is 4.79 Å².